The Hall–Kier alpha value is -0.580. The highest BCUT2D eigenvalue weighted by molar-refractivity contribution is 9.10. The van der Waals surface area contributed by atoms with Crippen molar-refractivity contribution in [2.75, 3.05) is 21.3 Å². The van der Waals surface area contributed by atoms with Crippen LogP contribution in [0.2, 0.25) is 0 Å². The Balaban J connectivity index is 3.07. The molecule has 1 N–H and O–H groups in total. The second-order valence-corrected chi connectivity index (χ2v) is 5.89. The lowest BCUT2D eigenvalue weighted by molar-refractivity contribution is -0.0455. The Labute approximate surface area is 131 Å². The van der Waals surface area contributed by atoms with E-state index in [1.807, 2.05) is 19.2 Å². The van der Waals surface area contributed by atoms with Crippen LogP contribution >= 0.6 is 15.9 Å². The fourth-order valence-corrected chi connectivity index (χ4v) is 3.26. The van der Waals surface area contributed by atoms with Crippen LogP contribution in [0.15, 0.2) is 22.7 Å². The van der Waals surface area contributed by atoms with E-state index in [1.165, 1.54) is 5.56 Å². The number of benzene rings is 1. The molecule has 0 radical (unpaired) electrons. The molecule has 0 heterocycles. The first-order valence-corrected chi connectivity index (χ1v) is 7.91. The molecule has 0 bridgehead atoms. The summed E-state index contributed by atoms with van der Waals surface area (Å²) in [6.45, 7) is 4.35. The maximum Gasteiger partial charge on any atom is 0.122 e. The topological polar surface area (TPSA) is 30.5 Å². The van der Waals surface area contributed by atoms with Gasteiger partial charge in [0.25, 0.3) is 0 Å². The summed E-state index contributed by atoms with van der Waals surface area (Å²) in [5.41, 5.74) is 1.03. The molecular weight excluding hydrogens is 318 g/mol. The van der Waals surface area contributed by atoms with Gasteiger partial charge in [0.1, 0.15) is 5.75 Å². The quantitative estimate of drug-likeness (QED) is 0.778. The first-order valence-electron chi connectivity index (χ1n) is 7.11. The minimum Gasteiger partial charge on any atom is -0.496 e. The Morgan fingerprint density at radius 3 is 2.35 bits per heavy atom. The van der Waals surface area contributed by atoms with Gasteiger partial charge in [0.2, 0.25) is 0 Å². The van der Waals surface area contributed by atoms with Crippen LogP contribution < -0.4 is 10.1 Å². The smallest absolute Gasteiger partial charge is 0.122 e. The summed E-state index contributed by atoms with van der Waals surface area (Å²) in [5.74, 6) is 0.922. The van der Waals surface area contributed by atoms with Crippen molar-refractivity contribution in [2.24, 2.45) is 0 Å². The Bertz CT molecular complexity index is 411. The van der Waals surface area contributed by atoms with Crippen LogP contribution in [0.5, 0.6) is 5.75 Å². The molecule has 0 aliphatic carbocycles. The van der Waals surface area contributed by atoms with Gasteiger partial charge in [-0.15, -0.1) is 0 Å². The van der Waals surface area contributed by atoms with E-state index in [9.17, 15) is 0 Å². The molecule has 0 amide bonds. The number of hydrogen-bond acceptors (Lipinski definition) is 3. The number of methoxy groups -OCH3 is 2. The van der Waals surface area contributed by atoms with Crippen molar-refractivity contribution < 1.29 is 9.47 Å². The molecule has 0 spiro atoms. The van der Waals surface area contributed by atoms with Gasteiger partial charge in [-0.05, 0) is 50.1 Å². The van der Waals surface area contributed by atoms with E-state index in [-0.39, 0.29) is 11.6 Å². The SMILES string of the molecule is CCC(CC)(OC)C(Cc1cc(Br)ccc1OC)NC. The van der Waals surface area contributed by atoms with Crippen molar-refractivity contribution in [1.82, 2.24) is 5.32 Å². The molecule has 0 fully saturated rings. The van der Waals surface area contributed by atoms with Crippen molar-refractivity contribution in [2.45, 2.75) is 44.8 Å². The third-order valence-corrected chi connectivity index (χ3v) is 4.75. The molecule has 0 saturated carbocycles. The summed E-state index contributed by atoms with van der Waals surface area (Å²) in [4.78, 5) is 0. The second-order valence-electron chi connectivity index (χ2n) is 4.98. The molecule has 4 heteroatoms. The fraction of sp³-hybridized carbons (Fsp3) is 0.625. The van der Waals surface area contributed by atoms with Crippen LogP contribution in [0.25, 0.3) is 0 Å². The number of nitrogens with one attached hydrogen (secondary N) is 1. The first kappa shape index (κ1) is 17.5. The van der Waals surface area contributed by atoms with Crippen LogP contribution in [-0.2, 0) is 11.2 Å². The fourth-order valence-electron chi connectivity index (χ4n) is 2.85. The van der Waals surface area contributed by atoms with E-state index in [1.54, 1.807) is 14.2 Å². The molecule has 20 heavy (non-hydrogen) atoms. The molecule has 1 aromatic carbocycles. The third kappa shape index (κ3) is 3.74. The van der Waals surface area contributed by atoms with E-state index >= 15 is 0 Å². The first-order chi connectivity index (χ1) is 9.56. The summed E-state index contributed by atoms with van der Waals surface area (Å²) >= 11 is 3.53. The second kappa shape index (κ2) is 8.01. The van der Waals surface area contributed by atoms with Gasteiger partial charge in [-0.25, -0.2) is 0 Å². The highest BCUT2D eigenvalue weighted by Gasteiger charge is 2.35. The minimum atomic E-state index is -0.151. The van der Waals surface area contributed by atoms with E-state index in [2.05, 4.69) is 41.2 Å². The molecular formula is C16H26BrNO2. The summed E-state index contributed by atoms with van der Waals surface area (Å²) in [6.07, 6.45) is 2.82. The molecule has 1 rings (SSSR count). The van der Waals surface area contributed by atoms with Gasteiger partial charge < -0.3 is 14.8 Å². The molecule has 1 atom stereocenters. The van der Waals surface area contributed by atoms with Gasteiger partial charge >= 0.3 is 0 Å². The van der Waals surface area contributed by atoms with Gasteiger partial charge in [0, 0.05) is 17.6 Å². The van der Waals surface area contributed by atoms with Gasteiger partial charge in [-0.3, -0.25) is 0 Å². The summed E-state index contributed by atoms with van der Waals surface area (Å²) in [7, 11) is 5.51. The van der Waals surface area contributed by atoms with Gasteiger partial charge in [-0.2, -0.15) is 0 Å². The minimum absolute atomic E-state index is 0.151. The number of likely N-dealkylation sites (N-methyl/N-ethyl adjacent to an activating group) is 1. The third-order valence-electron chi connectivity index (χ3n) is 4.25. The lowest BCUT2D eigenvalue weighted by Gasteiger charge is -2.38. The number of ether oxygens (including phenoxy) is 2. The Morgan fingerprint density at radius 2 is 1.90 bits per heavy atom. The predicted molar refractivity (Wildman–Crippen MR) is 87.6 cm³/mol. The summed E-state index contributed by atoms with van der Waals surface area (Å²) in [6, 6.07) is 6.36. The van der Waals surface area contributed by atoms with Crippen LogP contribution in [-0.4, -0.2) is 32.9 Å². The van der Waals surface area contributed by atoms with Crippen molar-refractivity contribution in [3.63, 3.8) is 0 Å². The van der Waals surface area contributed by atoms with Crippen molar-refractivity contribution in [3.8, 4) is 5.75 Å². The average molecular weight is 344 g/mol. The molecule has 0 aliphatic rings. The maximum atomic E-state index is 5.85. The van der Waals surface area contributed by atoms with Gasteiger partial charge in [-0.1, -0.05) is 29.8 Å². The van der Waals surface area contributed by atoms with Crippen LogP contribution in [0.3, 0.4) is 0 Å². The van der Waals surface area contributed by atoms with E-state index in [0.29, 0.717) is 0 Å². The Kier molecular flexibility index (Phi) is 7.00. The normalized spacial score (nSPS) is 13.3. The van der Waals surface area contributed by atoms with Crippen LogP contribution in [0.4, 0.5) is 0 Å². The van der Waals surface area contributed by atoms with E-state index in [4.69, 9.17) is 9.47 Å². The molecule has 114 valence electrons. The van der Waals surface area contributed by atoms with Crippen LogP contribution in [0.1, 0.15) is 32.3 Å². The number of rotatable bonds is 8. The Morgan fingerprint density at radius 1 is 1.25 bits per heavy atom. The zero-order valence-electron chi connectivity index (χ0n) is 13.1. The average Bonchev–Trinajstić information content (AvgIpc) is 2.48. The zero-order valence-corrected chi connectivity index (χ0v) is 14.7. The lowest BCUT2D eigenvalue weighted by Crippen LogP contribution is -2.51. The van der Waals surface area contributed by atoms with Crippen LogP contribution in [0, 0.1) is 0 Å². The number of halogens is 1. The van der Waals surface area contributed by atoms with E-state index in [0.717, 1.165) is 29.5 Å². The van der Waals surface area contributed by atoms with E-state index < -0.39 is 0 Å². The standard InChI is InChI=1S/C16H26BrNO2/c1-6-16(7-2,20-5)15(18-3)11-12-10-13(17)8-9-14(12)19-4/h8-10,15,18H,6-7,11H2,1-5H3. The highest BCUT2D eigenvalue weighted by Crippen LogP contribution is 2.30. The molecule has 0 aromatic heterocycles. The summed E-state index contributed by atoms with van der Waals surface area (Å²) < 4.78 is 12.4. The highest BCUT2D eigenvalue weighted by atomic mass is 79.9. The lowest BCUT2D eigenvalue weighted by atomic mass is 9.84. The molecule has 1 unspecified atom stereocenters. The van der Waals surface area contributed by atoms with Gasteiger partial charge in [0.15, 0.2) is 0 Å². The monoisotopic (exact) mass is 343 g/mol. The molecule has 3 nitrogen and oxygen atoms in total. The number of hydrogen-bond donors (Lipinski definition) is 1. The summed E-state index contributed by atoms with van der Waals surface area (Å²) in [5, 5.41) is 3.42. The largest absolute Gasteiger partial charge is 0.496 e. The zero-order chi connectivity index (χ0) is 15.2. The molecule has 1 aromatic rings. The molecule has 0 saturated heterocycles. The molecule has 0 aliphatic heterocycles. The van der Waals surface area contributed by atoms with Crippen molar-refractivity contribution in [3.05, 3.63) is 28.2 Å². The van der Waals surface area contributed by atoms with Crippen molar-refractivity contribution in [1.29, 1.82) is 0 Å². The predicted octanol–water partition coefficient (Wildman–Crippen LogP) is 3.79. The van der Waals surface area contributed by atoms with Gasteiger partial charge in [0.05, 0.1) is 12.7 Å². The maximum absolute atomic E-state index is 5.85. The van der Waals surface area contributed by atoms with Crippen molar-refractivity contribution >= 4 is 15.9 Å².